The van der Waals surface area contributed by atoms with Gasteiger partial charge in [-0.2, -0.15) is 0 Å². The molecule has 1 aromatic rings. The van der Waals surface area contributed by atoms with Gasteiger partial charge in [-0.25, -0.2) is 0 Å². The van der Waals surface area contributed by atoms with Crippen LogP contribution in [0.4, 0.5) is 11.4 Å². The van der Waals surface area contributed by atoms with Crippen LogP contribution < -0.4 is 10.2 Å². The predicted molar refractivity (Wildman–Crippen MR) is 61.8 cm³/mol. The second kappa shape index (κ2) is 3.79. The van der Waals surface area contributed by atoms with Gasteiger partial charge in [-0.15, -0.1) is 0 Å². The van der Waals surface area contributed by atoms with Crippen molar-refractivity contribution in [1.29, 1.82) is 0 Å². The Morgan fingerprint density at radius 2 is 2.36 bits per heavy atom. The number of rotatable bonds is 2. The van der Waals surface area contributed by atoms with Gasteiger partial charge in [0.25, 0.3) is 0 Å². The highest BCUT2D eigenvalue weighted by Gasteiger charge is 2.14. The fraction of sp³-hybridized carbons (Fsp3) is 0.400. The fourth-order valence-corrected chi connectivity index (χ4v) is 2.37. The highest BCUT2D eigenvalue weighted by Crippen LogP contribution is 2.34. The molecule has 3 nitrogen and oxygen atoms in total. The lowest BCUT2D eigenvalue weighted by molar-refractivity contribution is 0.298. The zero-order valence-corrected chi connectivity index (χ0v) is 9.63. The molecule has 0 radical (unpaired) electrons. The summed E-state index contributed by atoms with van der Waals surface area (Å²) in [4.78, 5) is 1.80. The van der Waals surface area contributed by atoms with E-state index in [4.69, 9.17) is 5.11 Å². The zero-order chi connectivity index (χ0) is 10.1. The first kappa shape index (κ1) is 9.80. The van der Waals surface area contributed by atoms with Gasteiger partial charge in [0.15, 0.2) is 0 Å². The van der Waals surface area contributed by atoms with Gasteiger partial charge >= 0.3 is 0 Å². The van der Waals surface area contributed by atoms with Crippen molar-refractivity contribution < 1.29 is 5.11 Å². The number of fused-ring (bicyclic) bond motifs is 1. The van der Waals surface area contributed by atoms with Crippen molar-refractivity contribution in [2.24, 2.45) is 0 Å². The first-order valence-electron chi connectivity index (χ1n) is 4.60. The average molecular weight is 257 g/mol. The number of hydrogen-bond acceptors (Lipinski definition) is 3. The van der Waals surface area contributed by atoms with Gasteiger partial charge in [-0.1, -0.05) is 0 Å². The van der Waals surface area contributed by atoms with E-state index in [1.54, 1.807) is 4.90 Å². The van der Waals surface area contributed by atoms with Crippen LogP contribution in [0.3, 0.4) is 0 Å². The van der Waals surface area contributed by atoms with Crippen molar-refractivity contribution in [3.05, 3.63) is 22.2 Å². The molecule has 0 spiro atoms. The molecule has 1 aliphatic rings. The van der Waals surface area contributed by atoms with Crippen LogP contribution in [0.15, 0.2) is 16.6 Å². The van der Waals surface area contributed by atoms with Crippen molar-refractivity contribution >= 4 is 27.3 Å². The van der Waals surface area contributed by atoms with E-state index in [9.17, 15) is 0 Å². The summed E-state index contributed by atoms with van der Waals surface area (Å²) in [6.45, 7) is 1.03. The normalized spacial score (nSPS) is 13.6. The summed E-state index contributed by atoms with van der Waals surface area (Å²) in [5, 5.41) is 12.4. The Kier molecular flexibility index (Phi) is 2.65. The molecule has 2 rings (SSSR count). The Labute approximate surface area is 91.9 Å². The minimum absolute atomic E-state index is 0.0252. The number of aliphatic hydroxyl groups is 1. The molecule has 0 bridgehead atoms. The van der Waals surface area contributed by atoms with Crippen LogP contribution >= 0.6 is 15.9 Å². The predicted octanol–water partition coefficient (Wildman–Crippen LogP) is 1.80. The summed E-state index contributed by atoms with van der Waals surface area (Å²) in [7, 11) is 1.86. The second-order valence-corrected chi connectivity index (χ2v) is 4.33. The van der Waals surface area contributed by atoms with Crippen molar-refractivity contribution in [3.8, 4) is 0 Å². The van der Waals surface area contributed by atoms with E-state index in [0.29, 0.717) is 0 Å². The Morgan fingerprint density at radius 3 is 3.07 bits per heavy atom. The molecule has 2 N–H and O–H groups in total. The molecular weight excluding hydrogens is 244 g/mol. The Hall–Kier alpha value is -0.740. The van der Waals surface area contributed by atoms with Crippen molar-refractivity contribution in [2.45, 2.75) is 6.42 Å². The van der Waals surface area contributed by atoms with Crippen LogP contribution in [-0.4, -0.2) is 25.4 Å². The Bertz CT molecular complexity index is 354. The first-order valence-corrected chi connectivity index (χ1v) is 5.40. The number of nitrogens with zero attached hydrogens (tertiary/aromatic N) is 1. The number of hydrogen-bond donors (Lipinski definition) is 2. The van der Waals surface area contributed by atoms with Gasteiger partial charge in [-0.3, -0.25) is 0 Å². The highest BCUT2D eigenvalue weighted by atomic mass is 79.9. The van der Waals surface area contributed by atoms with Crippen molar-refractivity contribution in [1.82, 2.24) is 0 Å². The van der Waals surface area contributed by atoms with E-state index in [0.717, 1.165) is 23.1 Å². The van der Waals surface area contributed by atoms with Gasteiger partial charge in [0, 0.05) is 23.8 Å². The highest BCUT2D eigenvalue weighted by molar-refractivity contribution is 9.10. The van der Waals surface area contributed by atoms with E-state index < -0.39 is 0 Å². The van der Waals surface area contributed by atoms with Crippen molar-refractivity contribution in [3.63, 3.8) is 0 Å². The lowest BCUT2D eigenvalue weighted by Gasteiger charge is -2.18. The van der Waals surface area contributed by atoms with E-state index >= 15 is 0 Å². The first-order chi connectivity index (χ1) is 6.72. The quantitative estimate of drug-likeness (QED) is 0.793. The third-order valence-electron chi connectivity index (χ3n) is 2.51. The SMILES string of the molecule is CN(CO)c1cc2c(cc1Br)CCN2. The standard InChI is InChI=1S/C10H13BrN2O/c1-13(6-14)10-5-9-7(2-3-12-9)4-8(10)11/h4-5,12,14H,2-3,6H2,1H3. The van der Waals surface area contributed by atoms with Crippen molar-refractivity contribution in [2.75, 3.05) is 30.5 Å². The maximum absolute atomic E-state index is 9.05. The third kappa shape index (κ3) is 1.60. The molecule has 4 heteroatoms. The molecule has 76 valence electrons. The van der Waals surface area contributed by atoms with Gasteiger partial charge < -0.3 is 15.3 Å². The Balaban J connectivity index is 2.42. The molecular formula is C10H13BrN2O. The van der Waals surface area contributed by atoms with Gasteiger partial charge in [-0.05, 0) is 40.0 Å². The van der Waals surface area contributed by atoms with E-state index in [2.05, 4.69) is 33.4 Å². The number of halogens is 1. The van der Waals surface area contributed by atoms with Gasteiger partial charge in [0.1, 0.15) is 6.73 Å². The molecule has 0 saturated heterocycles. The van der Waals surface area contributed by atoms with E-state index in [1.807, 2.05) is 7.05 Å². The van der Waals surface area contributed by atoms with Crippen LogP contribution in [-0.2, 0) is 6.42 Å². The minimum atomic E-state index is 0.0252. The molecule has 1 heterocycles. The molecule has 14 heavy (non-hydrogen) atoms. The fourth-order valence-electron chi connectivity index (χ4n) is 1.67. The largest absolute Gasteiger partial charge is 0.384 e. The zero-order valence-electron chi connectivity index (χ0n) is 8.05. The molecule has 1 aliphatic heterocycles. The summed E-state index contributed by atoms with van der Waals surface area (Å²) in [5.41, 5.74) is 3.54. The maximum atomic E-state index is 9.05. The number of anilines is 2. The van der Waals surface area contributed by atoms with Crippen LogP contribution in [0.1, 0.15) is 5.56 Å². The van der Waals surface area contributed by atoms with Crippen LogP contribution in [0.5, 0.6) is 0 Å². The molecule has 0 aromatic heterocycles. The van der Waals surface area contributed by atoms with E-state index in [1.165, 1.54) is 11.3 Å². The average Bonchev–Trinajstić information content (AvgIpc) is 2.62. The summed E-state index contributed by atoms with van der Waals surface area (Å²) in [5.74, 6) is 0. The van der Waals surface area contributed by atoms with Gasteiger partial charge in [0.2, 0.25) is 0 Å². The number of aliphatic hydroxyl groups excluding tert-OH is 1. The Morgan fingerprint density at radius 1 is 1.57 bits per heavy atom. The van der Waals surface area contributed by atoms with Crippen LogP contribution in [0.2, 0.25) is 0 Å². The summed E-state index contributed by atoms with van der Waals surface area (Å²) >= 11 is 3.51. The lowest BCUT2D eigenvalue weighted by Crippen LogP contribution is -2.18. The monoisotopic (exact) mass is 256 g/mol. The molecule has 0 saturated carbocycles. The maximum Gasteiger partial charge on any atom is 0.115 e. The molecule has 0 fully saturated rings. The van der Waals surface area contributed by atoms with E-state index in [-0.39, 0.29) is 6.73 Å². The lowest BCUT2D eigenvalue weighted by atomic mass is 10.1. The second-order valence-electron chi connectivity index (χ2n) is 3.48. The molecule has 1 aromatic carbocycles. The van der Waals surface area contributed by atoms with Crippen LogP contribution in [0.25, 0.3) is 0 Å². The molecule has 0 aliphatic carbocycles. The summed E-state index contributed by atoms with van der Waals surface area (Å²) < 4.78 is 1.04. The number of nitrogens with one attached hydrogen (secondary N) is 1. The van der Waals surface area contributed by atoms with Crippen LogP contribution in [0, 0.1) is 0 Å². The summed E-state index contributed by atoms with van der Waals surface area (Å²) in [6, 6.07) is 4.19. The minimum Gasteiger partial charge on any atom is -0.384 e. The molecule has 0 atom stereocenters. The number of benzene rings is 1. The molecule has 0 unspecified atom stereocenters. The summed E-state index contributed by atoms with van der Waals surface area (Å²) in [6.07, 6.45) is 1.08. The molecule has 0 amide bonds. The smallest absolute Gasteiger partial charge is 0.115 e. The third-order valence-corrected chi connectivity index (χ3v) is 3.14. The topological polar surface area (TPSA) is 35.5 Å². The van der Waals surface area contributed by atoms with Gasteiger partial charge in [0.05, 0.1) is 5.69 Å².